The summed E-state index contributed by atoms with van der Waals surface area (Å²) < 4.78 is 14.1. The molecule has 4 heteroatoms. The van der Waals surface area contributed by atoms with Gasteiger partial charge in [0.25, 0.3) is 0 Å². The fourth-order valence-electron chi connectivity index (χ4n) is 11.4. The Kier molecular flexibility index (Phi) is 9.62. The second-order valence-electron chi connectivity index (χ2n) is 19.4. The molecule has 0 radical (unpaired) electrons. The van der Waals surface area contributed by atoms with Crippen LogP contribution in [0.1, 0.15) is 98.0 Å². The molecule has 8 aromatic carbocycles. The molecule has 0 spiro atoms. The standard InChI is InChI=1S/C63H56N2O2/c1-9-14-45-16-11-19-50-51-20-13-22-57(63(51)67-61(45)50)65(49-33-39(5)42(8)40(6)34-49)55-30-26-44-23-27-52-54(29-25-43-24-28-53(55)59(44)58(43)52)64(48-31-37(3)41(7)38(4)32-48)56-21-12-18-47-35-46-17-10-15-36(2)60(46)66-62(47)56/h10-13,15-25,27-34,44H,9,14,26,35H2,1-8H3. The normalized spacial score (nSPS) is 14.6. The van der Waals surface area contributed by atoms with Crippen LogP contribution in [-0.2, 0) is 12.8 Å². The molecule has 3 aliphatic rings. The Morgan fingerprint density at radius 3 is 1.94 bits per heavy atom. The molecule has 1 aromatic heterocycles. The van der Waals surface area contributed by atoms with E-state index in [-0.39, 0.29) is 5.92 Å². The lowest BCUT2D eigenvalue weighted by Crippen LogP contribution is -2.22. The maximum atomic E-state index is 7.07. The molecule has 0 saturated carbocycles. The van der Waals surface area contributed by atoms with Gasteiger partial charge < -0.3 is 19.0 Å². The predicted octanol–water partition coefficient (Wildman–Crippen LogP) is 17.7. The second-order valence-corrected chi connectivity index (χ2v) is 19.4. The third-order valence-electron chi connectivity index (χ3n) is 15.3. The van der Waals surface area contributed by atoms with Crippen molar-refractivity contribution in [1.82, 2.24) is 0 Å². The third kappa shape index (κ3) is 6.40. The van der Waals surface area contributed by atoms with Gasteiger partial charge in [0.05, 0.1) is 17.1 Å². The lowest BCUT2D eigenvalue weighted by molar-refractivity contribution is 0.457. The molecule has 0 N–H and O–H groups in total. The van der Waals surface area contributed by atoms with Gasteiger partial charge in [-0.3, -0.25) is 0 Å². The van der Waals surface area contributed by atoms with Crippen molar-refractivity contribution in [2.75, 3.05) is 9.80 Å². The van der Waals surface area contributed by atoms with Crippen molar-refractivity contribution >= 4 is 72.9 Å². The molecular formula is C63H56N2O2. The predicted molar refractivity (Wildman–Crippen MR) is 282 cm³/mol. The molecule has 67 heavy (non-hydrogen) atoms. The van der Waals surface area contributed by atoms with Gasteiger partial charge in [0.15, 0.2) is 11.3 Å². The zero-order valence-corrected chi connectivity index (χ0v) is 39.9. The summed E-state index contributed by atoms with van der Waals surface area (Å²) >= 11 is 0. The first-order valence-corrected chi connectivity index (χ1v) is 24.1. The summed E-state index contributed by atoms with van der Waals surface area (Å²) in [6, 6.07) is 45.3. The third-order valence-corrected chi connectivity index (χ3v) is 15.3. The van der Waals surface area contributed by atoms with E-state index in [4.69, 9.17) is 9.15 Å². The Bertz CT molecular complexity index is 3570. The molecule has 330 valence electrons. The van der Waals surface area contributed by atoms with Crippen molar-refractivity contribution < 1.29 is 9.15 Å². The molecule has 9 aromatic rings. The lowest BCUT2D eigenvalue weighted by atomic mass is 9.77. The highest BCUT2D eigenvalue weighted by Gasteiger charge is 2.34. The van der Waals surface area contributed by atoms with Crippen LogP contribution in [0.3, 0.4) is 0 Å². The summed E-state index contributed by atoms with van der Waals surface area (Å²) in [5.41, 5.74) is 25.0. The van der Waals surface area contributed by atoms with E-state index < -0.39 is 0 Å². The fraction of sp³-hybridized carbons (Fsp3) is 0.206. The van der Waals surface area contributed by atoms with E-state index in [2.05, 4.69) is 205 Å². The minimum absolute atomic E-state index is 0.233. The van der Waals surface area contributed by atoms with Crippen molar-refractivity contribution in [3.8, 4) is 11.5 Å². The average Bonchev–Trinajstić information content (AvgIpc) is 3.73. The summed E-state index contributed by atoms with van der Waals surface area (Å²) in [6.45, 7) is 17.8. The molecule has 1 aliphatic heterocycles. The monoisotopic (exact) mass is 872 g/mol. The topological polar surface area (TPSA) is 28.9 Å². The van der Waals surface area contributed by atoms with Crippen molar-refractivity contribution in [2.24, 2.45) is 0 Å². The summed E-state index contributed by atoms with van der Waals surface area (Å²) in [4.78, 5) is 4.97. The van der Waals surface area contributed by atoms with Crippen molar-refractivity contribution in [3.05, 3.63) is 206 Å². The van der Waals surface area contributed by atoms with Crippen molar-refractivity contribution in [2.45, 2.75) is 87.0 Å². The molecule has 1 atom stereocenters. The number of hydrogen-bond donors (Lipinski definition) is 0. The fourth-order valence-corrected chi connectivity index (χ4v) is 11.4. The summed E-state index contributed by atoms with van der Waals surface area (Å²) in [7, 11) is 0. The van der Waals surface area contributed by atoms with Crippen molar-refractivity contribution in [3.63, 3.8) is 0 Å². The zero-order chi connectivity index (χ0) is 45.8. The van der Waals surface area contributed by atoms with E-state index in [0.717, 1.165) is 87.7 Å². The van der Waals surface area contributed by atoms with Gasteiger partial charge in [-0.1, -0.05) is 110 Å². The molecule has 0 amide bonds. The second kappa shape index (κ2) is 15.7. The number of benzene rings is 8. The van der Waals surface area contributed by atoms with Crippen LogP contribution in [-0.4, -0.2) is 0 Å². The van der Waals surface area contributed by atoms with E-state index in [1.54, 1.807) is 0 Å². The Balaban J connectivity index is 1.09. The molecule has 2 aliphatic carbocycles. The van der Waals surface area contributed by atoms with Crippen LogP contribution < -0.4 is 14.5 Å². The number of nitrogens with zero attached hydrogens (tertiary/aromatic N) is 2. The van der Waals surface area contributed by atoms with Crippen molar-refractivity contribution in [1.29, 1.82) is 0 Å². The van der Waals surface area contributed by atoms with Crippen LogP contribution >= 0.6 is 0 Å². The molecule has 0 bridgehead atoms. The summed E-state index contributed by atoms with van der Waals surface area (Å²) in [5.74, 6) is 2.13. The van der Waals surface area contributed by atoms with Crippen LogP contribution in [0.2, 0.25) is 0 Å². The number of fused-ring (bicyclic) bond motifs is 5. The van der Waals surface area contributed by atoms with Crippen LogP contribution in [0.15, 0.2) is 138 Å². The smallest absolute Gasteiger partial charge is 0.159 e. The van der Waals surface area contributed by atoms with Gasteiger partial charge in [-0.05, 0) is 170 Å². The molecule has 1 unspecified atom stereocenters. The molecule has 2 heterocycles. The van der Waals surface area contributed by atoms with E-state index in [0.29, 0.717) is 0 Å². The molecule has 0 saturated heterocycles. The summed E-state index contributed by atoms with van der Waals surface area (Å²) in [6.07, 6.45) is 11.1. The zero-order valence-electron chi connectivity index (χ0n) is 39.9. The number of aryl methyl sites for hydroxylation is 6. The van der Waals surface area contributed by atoms with Gasteiger partial charge in [-0.2, -0.15) is 0 Å². The number of rotatable bonds is 8. The van der Waals surface area contributed by atoms with Gasteiger partial charge in [0.1, 0.15) is 11.3 Å². The van der Waals surface area contributed by atoms with Crippen LogP contribution in [0.5, 0.6) is 11.5 Å². The SMILES string of the molecule is CCCc1cccc2c1oc1c(N(C3=CCC4C=Cc5c(N(c6cc(C)c(C)c(C)c6)c6cccc7c6Oc6c(C)cccc6C7)ccc6ccc3c4c56)c3cc(C)c(C)c(C)c3)cccc12. The Hall–Kier alpha value is -7.30. The number of para-hydroxylation sites is 4. The highest BCUT2D eigenvalue weighted by molar-refractivity contribution is 6.13. The van der Waals surface area contributed by atoms with E-state index in [9.17, 15) is 0 Å². The van der Waals surface area contributed by atoms with E-state index >= 15 is 0 Å². The molecule has 12 rings (SSSR count). The first-order valence-electron chi connectivity index (χ1n) is 24.1. The number of anilines is 5. The molecule has 4 nitrogen and oxygen atoms in total. The van der Waals surface area contributed by atoms with Gasteiger partial charge in [0, 0.05) is 56.9 Å². The number of hydrogen-bond acceptors (Lipinski definition) is 4. The first kappa shape index (κ1) is 41.2. The van der Waals surface area contributed by atoms with Crippen LogP contribution in [0.25, 0.3) is 44.5 Å². The van der Waals surface area contributed by atoms with Gasteiger partial charge in [-0.25, -0.2) is 0 Å². The summed E-state index contributed by atoms with van der Waals surface area (Å²) in [5, 5.41) is 4.88. The minimum Gasteiger partial charge on any atom is -0.454 e. The lowest BCUT2D eigenvalue weighted by Gasteiger charge is -2.37. The van der Waals surface area contributed by atoms with E-state index in [1.807, 2.05) is 0 Å². The van der Waals surface area contributed by atoms with Gasteiger partial charge in [-0.15, -0.1) is 0 Å². The maximum absolute atomic E-state index is 7.07. The molecule has 0 fully saturated rings. The molecular weight excluding hydrogens is 817 g/mol. The number of allylic oxidation sites excluding steroid dienone is 2. The Labute approximate surface area is 394 Å². The number of ether oxygens (including phenoxy) is 1. The highest BCUT2D eigenvalue weighted by Crippen LogP contribution is 2.54. The first-order chi connectivity index (χ1) is 32.6. The quantitative estimate of drug-likeness (QED) is 0.152. The highest BCUT2D eigenvalue weighted by atomic mass is 16.5. The van der Waals surface area contributed by atoms with Crippen LogP contribution in [0, 0.1) is 48.5 Å². The average molecular weight is 873 g/mol. The Morgan fingerprint density at radius 2 is 1.21 bits per heavy atom. The Morgan fingerprint density at radius 1 is 0.582 bits per heavy atom. The number of furan rings is 1. The van der Waals surface area contributed by atoms with Gasteiger partial charge >= 0.3 is 0 Å². The van der Waals surface area contributed by atoms with E-state index in [1.165, 1.54) is 88.6 Å². The minimum atomic E-state index is 0.233. The van der Waals surface area contributed by atoms with Crippen LogP contribution in [0.4, 0.5) is 28.4 Å². The largest absolute Gasteiger partial charge is 0.454 e. The van der Waals surface area contributed by atoms with Gasteiger partial charge in [0.2, 0.25) is 0 Å². The maximum Gasteiger partial charge on any atom is 0.159 e.